The highest BCUT2D eigenvalue weighted by Gasteiger charge is 2.32. The van der Waals surface area contributed by atoms with Gasteiger partial charge < -0.3 is 10.2 Å². The fraction of sp³-hybridized carbons (Fsp3) is 0.286. The van der Waals surface area contributed by atoms with Gasteiger partial charge in [0.25, 0.3) is 10.0 Å². The first kappa shape index (κ1) is 29.7. The van der Waals surface area contributed by atoms with Crippen molar-refractivity contribution in [2.75, 3.05) is 17.4 Å². The second-order valence-electron chi connectivity index (χ2n) is 8.92. The van der Waals surface area contributed by atoms with E-state index in [1.54, 1.807) is 31.2 Å². The van der Waals surface area contributed by atoms with Crippen molar-refractivity contribution < 1.29 is 18.0 Å². The van der Waals surface area contributed by atoms with Crippen molar-refractivity contribution in [1.29, 1.82) is 0 Å². The summed E-state index contributed by atoms with van der Waals surface area (Å²) in [5.74, 6) is -0.815. The molecule has 1 atom stereocenters. The smallest absolute Gasteiger partial charge is 0.264 e. The molecule has 0 fully saturated rings. The number of rotatable bonds is 11. The summed E-state index contributed by atoms with van der Waals surface area (Å²) in [4.78, 5) is 28.1. The van der Waals surface area contributed by atoms with E-state index in [0.29, 0.717) is 17.3 Å². The molecule has 0 saturated carbocycles. The quantitative estimate of drug-likeness (QED) is 0.305. The third kappa shape index (κ3) is 7.58. The molecule has 2 amide bonds. The molecule has 202 valence electrons. The molecule has 3 aromatic rings. The summed E-state index contributed by atoms with van der Waals surface area (Å²) in [7, 11) is -4.13. The molecule has 0 bridgehead atoms. The van der Waals surface area contributed by atoms with Gasteiger partial charge in [-0.3, -0.25) is 13.9 Å². The number of amides is 2. The van der Waals surface area contributed by atoms with E-state index < -0.39 is 28.5 Å². The van der Waals surface area contributed by atoms with E-state index in [4.69, 9.17) is 11.6 Å². The van der Waals surface area contributed by atoms with Gasteiger partial charge in [-0.15, -0.1) is 0 Å². The average Bonchev–Trinajstić information content (AvgIpc) is 2.90. The molecule has 0 aliphatic rings. The van der Waals surface area contributed by atoms with Crippen LogP contribution in [0.3, 0.4) is 0 Å². The van der Waals surface area contributed by atoms with Gasteiger partial charge in [-0.1, -0.05) is 64.3 Å². The Bertz CT molecular complexity index is 1350. The van der Waals surface area contributed by atoms with Crippen molar-refractivity contribution in [3.63, 3.8) is 0 Å². The summed E-state index contributed by atoms with van der Waals surface area (Å²) in [5.41, 5.74) is 2.09. The maximum atomic E-state index is 13.8. The van der Waals surface area contributed by atoms with Crippen LogP contribution < -0.4 is 9.62 Å². The number of carbonyl (C=O) groups excluding carboxylic acids is 2. The SMILES string of the molecule is CCCNC(=O)[C@H](C)N(Cc1ccc(Br)cc1)C(=O)CN(c1ccc(C)cc1)S(=O)(=O)c1ccc(Cl)cc1. The van der Waals surface area contributed by atoms with E-state index in [1.165, 1.54) is 29.2 Å². The van der Waals surface area contributed by atoms with Crippen LogP contribution in [-0.4, -0.2) is 44.3 Å². The predicted octanol–water partition coefficient (Wildman–Crippen LogP) is 5.55. The lowest BCUT2D eigenvalue weighted by atomic mass is 10.1. The fourth-order valence-electron chi connectivity index (χ4n) is 3.74. The van der Waals surface area contributed by atoms with E-state index in [0.717, 1.165) is 26.3 Å². The van der Waals surface area contributed by atoms with Gasteiger partial charge in [0.05, 0.1) is 10.6 Å². The van der Waals surface area contributed by atoms with E-state index >= 15 is 0 Å². The molecule has 0 aliphatic heterocycles. The summed E-state index contributed by atoms with van der Waals surface area (Å²) in [6.45, 7) is 5.60. The molecule has 0 saturated heterocycles. The molecule has 10 heteroatoms. The summed E-state index contributed by atoms with van der Waals surface area (Å²) >= 11 is 9.39. The molecule has 0 radical (unpaired) electrons. The van der Waals surface area contributed by atoms with Crippen LogP contribution in [-0.2, 0) is 26.2 Å². The van der Waals surface area contributed by atoms with Gasteiger partial charge in [0.15, 0.2) is 0 Å². The zero-order valence-corrected chi connectivity index (χ0v) is 24.7. The molecule has 0 spiro atoms. The van der Waals surface area contributed by atoms with Crippen molar-refractivity contribution in [3.05, 3.63) is 93.4 Å². The summed E-state index contributed by atoms with van der Waals surface area (Å²) in [6, 6.07) is 19.3. The summed E-state index contributed by atoms with van der Waals surface area (Å²) < 4.78 is 29.5. The van der Waals surface area contributed by atoms with Crippen LogP contribution in [0.25, 0.3) is 0 Å². The van der Waals surface area contributed by atoms with E-state index in [2.05, 4.69) is 21.2 Å². The monoisotopic (exact) mass is 619 g/mol. The van der Waals surface area contributed by atoms with Gasteiger partial charge >= 0.3 is 0 Å². The first-order valence-electron chi connectivity index (χ1n) is 12.2. The first-order chi connectivity index (χ1) is 18.0. The molecule has 7 nitrogen and oxygen atoms in total. The molecule has 3 rings (SSSR count). The van der Waals surface area contributed by atoms with E-state index in [-0.39, 0.29) is 17.3 Å². The number of benzene rings is 3. The minimum atomic E-state index is -4.13. The maximum Gasteiger partial charge on any atom is 0.264 e. The molecule has 0 aliphatic carbocycles. The highest BCUT2D eigenvalue weighted by atomic mass is 79.9. The number of carbonyl (C=O) groups is 2. The molecule has 3 aromatic carbocycles. The average molecular weight is 621 g/mol. The van der Waals surface area contributed by atoms with Crippen molar-refractivity contribution in [2.45, 2.75) is 44.7 Å². The van der Waals surface area contributed by atoms with Crippen LogP contribution in [0.4, 0.5) is 5.69 Å². The molecule has 0 unspecified atom stereocenters. The second-order valence-corrected chi connectivity index (χ2v) is 12.1. The Labute approximate surface area is 238 Å². The van der Waals surface area contributed by atoms with Gasteiger partial charge in [-0.05, 0) is 74.4 Å². The van der Waals surface area contributed by atoms with Gasteiger partial charge in [0.1, 0.15) is 12.6 Å². The van der Waals surface area contributed by atoms with Crippen molar-refractivity contribution in [1.82, 2.24) is 10.2 Å². The first-order valence-corrected chi connectivity index (χ1v) is 14.8. The molecular formula is C28H31BrClN3O4S. The van der Waals surface area contributed by atoms with Crippen molar-refractivity contribution >= 4 is 55.1 Å². The lowest BCUT2D eigenvalue weighted by Gasteiger charge is -2.32. The van der Waals surface area contributed by atoms with Crippen LogP contribution in [0.2, 0.25) is 5.02 Å². The van der Waals surface area contributed by atoms with Crippen LogP contribution in [0.1, 0.15) is 31.4 Å². The lowest BCUT2D eigenvalue weighted by molar-refractivity contribution is -0.139. The van der Waals surface area contributed by atoms with E-state index in [1.807, 2.05) is 38.1 Å². The third-order valence-electron chi connectivity index (χ3n) is 5.99. The number of nitrogens with zero attached hydrogens (tertiary/aromatic N) is 2. The minimum Gasteiger partial charge on any atom is -0.354 e. The Hall–Kier alpha value is -2.88. The fourth-order valence-corrected chi connectivity index (χ4v) is 5.54. The summed E-state index contributed by atoms with van der Waals surface area (Å²) in [6.07, 6.45) is 0.750. The van der Waals surface area contributed by atoms with Crippen LogP contribution in [0, 0.1) is 6.92 Å². The Morgan fingerprint density at radius 1 is 0.974 bits per heavy atom. The molecular weight excluding hydrogens is 590 g/mol. The van der Waals surface area contributed by atoms with Crippen LogP contribution in [0.15, 0.2) is 82.2 Å². The van der Waals surface area contributed by atoms with Crippen LogP contribution in [0.5, 0.6) is 0 Å². The van der Waals surface area contributed by atoms with Crippen LogP contribution >= 0.6 is 27.5 Å². The zero-order chi connectivity index (χ0) is 27.9. The van der Waals surface area contributed by atoms with Crippen molar-refractivity contribution in [2.24, 2.45) is 0 Å². The van der Waals surface area contributed by atoms with Gasteiger partial charge in [0.2, 0.25) is 11.8 Å². The standard InChI is InChI=1S/C28H31BrClN3O4S/c1-4-17-31-28(35)21(3)32(18-22-7-9-23(29)10-8-22)27(34)19-33(25-13-5-20(2)6-14-25)38(36,37)26-15-11-24(30)12-16-26/h5-16,21H,4,17-19H2,1-3H3,(H,31,35)/t21-/m0/s1. The lowest BCUT2D eigenvalue weighted by Crippen LogP contribution is -2.51. The highest BCUT2D eigenvalue weighted by Crippen LogP contribution is 2.26. The minimum absolute atomic E-state index is 0.00321. The largest absolute Gasteiger partial charge is 0.354 e. The third-order valence-corrected chi connectivity index (χ3v) is 8.55. The number of sulfonamides is 1. The summed E-state index contributed by atoms with van der Waals surface area (Å²) in [5, 5.41) is 3.23. The highest BCUT2D eigenvalue weighted by molar-refractivity contribution is 9.10. The second kappa shape index (κ2) is 13.3. The normalized spacial score (nSPS) is 12.0. The van der Waals surface area contributed by atoms with Gasteiger partial charge in [-0.25, -0.2) is 8.42 Å². The Balaban J connectivity index is 2.00. The molecule has 0 heterocycles. The zero-order valence-electron chi connectivity index (χ0n) is 21.5. The van der Waals surface area contributed by atoms with Gasteiger partial charge in [-0.2, -0.15) is 0 Å². The molecule has 38 heavy (non-hydrogen) atoms. The maximum absolute atomic E-state index is 13.8. The number of nitrogens with one attached hydrogen (secondary N) is 1. The number of anilines is 1. The Morgan fingerprint density at radius 2 is 1.58 bits per heavy atom. The topological polar surface area (TPSA) is 86.8 Å². The molecule has 1 N–H and O–H groups in total. The van der Waals surface area contributed by atoms with Gasteiger partial charge in [0, 0.05) is 22.6 Å². The number of halogens is 2. The Morgan fingerprint density at radius 3 is 2.16 bits per heavy atom. The Kier molecular flexibility index (Phi) is 10.4. The number of hydrogen-bond acceptors (Lipinski definition) is 4. The number of aryl methyl sites for hydroxylation is 1. The van der Waals surface area contributed by atoms with E-state index in [9.17, 15) is 18.0 Å². The number of hydrogen-bond donors (Lipinski definition) is 1. The van der Waals surface area contributed by atoms with Crippen molar-refractivity contribution in [3.8, 4) is 0 Å². The predicted molar refractivity (Wildman–Crippen MR) is 155 cm³/mol. The molecule has 0 aromatic heterocycles.